The second kappa shape index (κ2) is 7.64. The Morgan fingerprint density at radius 2 is 2.00 bits per heavy atom. The minimum Gasteiger partial charge on any atom is -0.383 e. The summed E-state index contributed by atoms with van der Waals surface area (Å²) in [6, 6.07) is 3.32. The summed E-state index contributed by atoms with van der Waals surface area (Å²) in [6.45, 7) is 1.86. The van der Waals surface area contributed by atoms with Crippen LogP contribution >= 0.6 is 23.2 Å². The van der Waals surface area contributed by atoms with Crippen LogP contribution in [-0.4, -0.2) is 31.9 Å². The van der Waals surface area contributed by atoms with Gasteiger partial charge in [0.25, 0.3) is 0 Å². The molecule has 0 aromatic heterocycles. The molecule has 0 fully saturated rings. The molecule has 0 heterocycles. The third-order valence-corrected chi connectivity index (χ3v) is 3.29. The van der Waals surface area contributed by atoms with E-state index in [1.54, 1.807) is 30.2 Å². The van der Waals surface area contributed by atoms with E-state index in [1.165, 1.54) is 7.11 Å². The second-order valence-electron chi connectivity index (χ2n) is 4.43. The number of hydrogen-bond acceptors (Lipinski definition) is 4. The van der Waals surface area contributed by atoms with E-state index in [0.29, 0.717) is 16.2 Å². The summed E-state index contributed by atoms with van der Waals surface area (Å²) in [6.07, 6.45) is 1.72. The molecule has 0 amide bonds. The van der Waals surface area contributed by atoms with Crippen LogP contribution in [0.25, 0.3) is 0 Å². The molecular weight excluding hydrogens is 301 g/mol. The van der Waals surface area contributed by atoms with Crippen molar-refractivity contribution in [3.05, 3.63) is 45.1 Å². The van der Waals surface area contributed by atoms with E-state index >= 15 is 0 Å². The minimum atomic E-state index is -0.215. The number of rotatable bonds is 6. The van der Waals surface area contributed by atoms with Gasteiger partial charge in [0.2, 0.25) is 0 Å². The van der Waals surface area contributed by atoms with Crippen LogP contribution in [0.15, 0.2) is 23.9 Å². The molecule has 110 valence electrons. The van der Waals surface area contributed by atoms with Crippen molar-refractivity contribution in [1.29, 1.82) is 0 Å². The third kappa shape index (κ3) is 4.21. The maximum Gasteiger partial charge on any atom is 0.193 e. The van der Waals surface area contributed by atoms with Crippen LogP contribution in [0.2, 0.25) is 10.0 Å². The van der Waals surface area contributed by atoms with Crippen molar-refractivity contribution in [3.63, 3.8) is 0 Å². The molecule has 4 nitrogen and oxygen atoms in total. The highest BCUT2D eigenvalue weighted by Gasteiger charge is 2.19. The standard InChI is InChI=1S/C14H17Cl2NO3/c1-9(7-17(2)3)14(18)12-11(15)6-5-10(13(12)16)8-20-19-4/h5-7H,8H2,1-4H3. The van der Waals surface area contributed by atoms with Gasteiger partial charge in [-0.2, -0.15) is 0 Å². The van der Waals surface area contributed by atoms with E-state index in [1.807, 2.05) is 14.1 Å². The molecule has 0 radical (unpaired) electrons. The van der Waals surface area contributed by atoms with Crippen molar-refractivity contribution >= 4 is 29.0 Å². The van der Waals surface area contributed by atoms with Gasteiger partial charge in [0, 0.05) is 31.4 Å². The SMILES string of the molecule is COOCc1ccc(Cl)c(C(=O)C(C)=CN(C)C)c1Cl. The molecule has 0 saturated heterocycles. The van der Waals surface area contributed by atoms with Crippen LogP contribution in [0.3, 0.4) is 0 Å². The lowest BCUT2D eigenvalue weighted by Crippen LogP contribution is -2.10. The Bertz CT molecular complexity index is 527. The highest BCUT2D eigenvalue weighted by molar-refractivity contribution is 6.41. The molecule has 1 aromatic rings. The molecule has 0 aliphatic carbocycles. The molecule has 0 spiro atoms. The minimum absolute atomic E-state index is 0.142. The maximum atomic E-state index is 12.4. The van der Waals surface area contributed by atoms with Gasteiger partial charge in [-0.1, -0.05) is 29.3 Å². The number of hydrogen-bond donors (Lipinski definition) is 0. The molecule has 0 aliphatic rings. The van der Waals surface area contributed by atoms with Gasteiger partial charge in [-0.3, -0.25) is 4.79 Å². The monoisotopic (exact) mass is 317 g/mol. The van der Waals surface area contributed by atoms with Crippen molar-refractivity contribution in [2.75, 3.05) is 21.2 Å². The van der Waals surface area contributed by atoms with Crippen LogP contribution in [0.4, 0.5) is 0 Å². The molecule has 0 bridgehead atoms. The van der Waals surface area contributed by atoms with Crippen molar-refractivity contribution in [2.24, 2.45) is 0 Å². The summed E-state index contributed by atoms with van der Waals surface area (Å²) >= 11 is 12.3. The normalized spacial score (nSPS) is 11.6. The first-order valence-electron chi connectivity index (χ1n) is 5.90. The van der Waals surface area contributed by atoms with Crippen molar-refractivity contribution in [3.8, 4) is 0 Å². The summed E-state index contributed by atoms with van der Waals surface area (Å²) in [5.74, 6) is -0.215. The van der Waals surface area contributed by atoms with E-state index in [2.05, 4.69) is 4.89 Å². The zero-order chi connectivity index (χ0) is 15.3. The Kier molecular flexibility index (Phi) is 6.49. The van der Waals surface area contributed by atoms with Gasteiger partial charge >= 0.3 is 0 Å². The lowest BCUT2D eigenvalue weighted by molar-refractivity contribution is -0.282. The quantitative estimate of drug-likeness (QED) is 0.347. The largest absolute Gasteiger partial charge is 0.383 e. The van der Waals surface area contributed by atoms with E-state index < -0.39 is 0 Å². The molecule has 1 aromatic carbocycles. The zero-order valence-corrected chi connectivity index (χ0v) is 13.4. The number of benzene rings is 1. The predicted molar refractivity (Wildman–Crippen MR) is 80.0 cm³/mol. The van der Waals surface area contributed by atoms with Crippen LogP contribution < -0.4 is 0 Å². The summed E-state index contributed by atoms with van der Waals surface area (Å²) in [4.78, 5) is 23.6. The Morgan fingerprint density at radius 3 is 2.55 bits per heavy atom. The highest BCUT2D eigenvalue weighted by Crippen LogP contribution is 2.30. The van der Waals surface area contributed by atoms with E-state index in [0.717, 1.165) is 0 Å². The van der Waals surface area contributed by atoms with Crippen molar-refractivity contribution in [1.82, 2.24) is 4.90 Å². The fraction of sp³-hybridized carbons (Fsp3) is 0.357. The Morgan fingerprint density at radius 1 is 1.35 bits per heavy atom. The molecule has 0 aliphatic heterocycles. The summed E-state index contributed by atoms with van der Waals surface area (Å²) in [7, 11) is 5.07. The van der Waals surface area contributed by atoms with Gasteiger partial charge in [0.05, 0.1) is 22.7 Å². The molecule has 0 unspecified atom stereocenters. The van der Waals surface area contributed by atoms with Gasteiger partial charge in [-0.15, -0.1) is 0 Å². The maximum absolute atomic E-state index is 12.4. The topological polar surface area (TPSA) is 38.8 Å². The van der Waals surface area contributed by atoms with Gasteiger partial charge in [0.15, 0.2) is 5.78 Å². The predicted octanol–water partition coefficient (Wildman–Crippen LogP) is 3.72. The zero-order valence-electron chi connectivity index (χ0n) is 11.9. The average Bonchev–Trinajstić information content (AvgIpc) is 2.37. The fourth-order valence-corrected chi connectivity index (χ4v) is 2.28. The number of carbonyl (C=O) groups excluding carboxylic acids is 1. The number of halogens is 2. The lowest BCUT2D eigenvalue weighted by Gasteiger charge is -2.12. The molecule has 20 heavy (non-hydrogen) atoms. The fourth-order valence-electron chi connectivity index (χ4n) is 1.68. The van der Waals surface area contributed by atoms with Crippen LogP contribution in [0, 0.1) is 0 Å². The van der Waals surface area contributed by atoms with Crippen LogP contribution in [0.1, 0.15) is 22.8 Å². The summed E-state index contributed by atoms with van der Waals surface area (Å²) in [5.41, 5.74) is 1.46. The van der Waals surface area contributed by atoms with Gasteiger partial charge < -0.3 is 4.90 Å². The molecule has 1 rings (SSSR count). The van der Waals surface area contributed by atoms with E-state index in [9.17, 15) is 4.79 Å². The average molecular weight is 318 g/mol. The van der Waals surface area contributed by atoms with Crippen LogP contribution in [-0.2, 0) is 16.4 Å². The number of allylic oxidation sites excluding steroid dienone is 1. The lowest BCUT2D eigenvalue weighted by atomic mass is 10.0. The molecule has 0 atom stereocenters. The van der Waals surface area contributed by atoms with E-state index in [-0.39, 0.29) is 23.0 Å². The Hall–Kier alpha value is -1.07. The third-order valence-electron chi connectivity index (χ3n) is 2.54. The second-order valence-corrected chi connectivity index (χ2v) is 5.21. The first-order chi connectivity index (χ1) is 9.38. The van der Waals surface area contributed by atoms with Gasteiger partial charge in [-0.25, -0.2) is 9.78 Å². The molecular formula is C14H17Cl2NO3. The summed E-state index contributed by atoms with van der Waals surface area (Å²) < 4.78 is 0. The van der Waals surface area contributed by atoms with Gasteiger partial charge in [-0.05, 0) is 13.0 Å². The highest BCUT2D eigenvalue weighted by atomic mass is 35.5. The molecule has 0 N–H and O–H groups in total. The number of carbonyl (C=O) groups is 1. The Balaban J connectivity index is 3.20. The molecule has 0 saturated carbocycles. The Labute approximate surface area is 128 Å². The number of ketones is 1. The number of Topliss-reactive ketones (excluding diaryl/α,β-unsaturated/α-hetero) is 1. The number of nitrogens with zero attached hydrogens (tertiary/aromatic N) is 1. The van der Waals surface area contributed by atoms with Crippen molar-refractivity contribution < 1.29 is 14.6 Å². The first-order valence-corrected chi connectivity index (χ1v) is 6.66. The summed E-state index contributed by atoms with van der Waals surface area (Å²) in [5, 5.41) is 0.596. The van der Waals surface area contributed by atoms with Crippen LogP contribution in [0.5, 0.6) is 0 Å². The molecule has 6 heteroatoms. The van der Waals surface area contributed by atoms with Crippen molar-refractivity contribution in [2.45, 2.75) is 13.5 Å². The smallest absolute Gasteiger partial charge is 0.193 e. The van der Waals surface area contributed by atoms with E-state index in [4.69, 9.17) is 28.1 Å². The first kappa shape index (κ1) is 17.0. The van der Waals surface area contributed by atoms with Gasteiger partial charge in [0.1, 0.15) is 6.61 Å².